The molecule has 4 rings (SSSR count). The Kier molecular flexibility index (Phi) is 11.9. The van der Waals surface area contributed by atoms with Gasteiger partial charge in [0.1, 0.15) is 11.9 Å². The van der Waals surface area contributed by atoms with Gasteiger partial charge in [-0.25, -0.2) is 0 Å². The van der Waals surface area contributed by atoms with Crippen molar-refractivity contribution in [2.24, 2.45) is 0 Å². The maximum absolute atomic E-state index is 12.6. The van der Waals surface area contributed by atoms with E-state index in [-0.39, 0.29) is 12.0 Å². The van der Waals surface area contributed by atoms with E-state index in [4.69, 9.17) is 16.3 Å². The first-order valence-electron chi connectivity index (χ1n) is 14.8. The van der Waals surface area contributed by atoms with Crippen LogP contribution in [0.1, 0.15) is 66.4 Å². The molecule has 1 saturated heterocycles. The average molecular weight is 562 g/mol. The van der Waals surface area contributed by atoms with Crippen molar-refractivity contribution in [3.8, 4) is 5.75 Å². The zero-order valence-corrected chi connectivity index (χ0v) is 24.8. The van der Waals surface area contributed by atoms with E-state index in [1.54, 1.807) is 12.1 Å². The summed E-state index contributed by atoms with van der Waals surface area (Å²) in [5, 5.41) is 3.49. The highest BCUT2D eigenvalue weighted by Crippen LogP contribution is 2.30. The topological polar surface area (TPSA) is 44.8 Å². The maximum Gasteiger partial charge on any atom is 0.251 e. The summed E-state index contributed by atoms with van der Waals surface area (Å²) in [7, 11) is 2.10. The number of rotatable bonds is 14. The van der Waals surface area contributed by atoms with E-state index in [1.165, 1.54) is 30.4 Å². The van der Waals surface area contributed by atoms with Crippen LogP contribution in [-0.2, 0) is 0 Å². The second-order valence-corrected chi connectivity index (χ2v) is 11.3. The molecule has 6 heteroatoms. The third kappa shape index (κ3) is 9.09. The smallest absolute Gasteiger partial charge is 0.251 e. The van der Waals surface area contributed by atoms with Gasteiger partial charge in [-0.2, -0.15) is 0 Å². The largest absolute Gasteiger partial charge is 0.489 e. The van der Waals surface area contributed by atoms with E-state index in [2.05, 4.69) is 89.8 Å². The second-order valence-electron chi connectivity index (χ2n) is 10.9. The minimum absolute atomic E-state index is 0.102. The number of piperidine rings is 1. The number of unbranched alkanes of at least 4 members (excludes halogenated alkanes) is 2. The molecule has 1 N–H and O–H groups in total. The van der Waals surface area contributed by atoms with Crippen molar-refractivity contribution < 1.29 is 9.53 Å². The van der Waals surface area contributed by atoms with Crippen molar-refractivity contribution in [1.29, 1.82) is 0 Å². The Bertz CT molecular complexity index is 1130. The van der Waals surface area contributed by atoms with Gasteiger partial charge in [0.2, 0.25) is 0 Å². The predicted octanol–water partition coefficient (Wildman–Crippen LogP) is 6.87. The number of likely N-dealkylation sites (N-methyl/N-ethyl adjacent to an activating group) is 1. The molecule has 40 heavy (non-hydrogen) atoms. The van der Waals surface area contributed by atoms with Crippen LogP contribution in [0, 0.1) is 0 Å². The van der Waals surface area contributed by atoms with Crippen LogP contribution in [0.2, 0.25) is 5.02 Å². The molecule has 0 radical (unpaired) electrons. The number of ether oxygens (including phenoxy) is 1. The molecule has 0 aliphatic carbocycles. The van der Waals surface area contributed by atoms with Gasteiger partial charge in [-0.3, -0.25) is 4.79 Å². The lowest BCUT2D eigenvalue weighted by molar-refractivity contribution is 0.0948. The van der Waals surface area contributed by atoms with E-state index in [0.717, 1.165) is 45.6 Å². The number of nitrogens with zero attached hydrogens (tertiary/aromatic N) is 2. The van der Waals surface area contributed by atoms with Gasteiger partial charge < -0.3 is 19.9 Å². The minimum atomic E-state index is -0.102. The monoisotopic (exact) mass is 561 g/mol. The van der Waals surface area contributed by atoms with E-state index in [0.29, 0.717) is 28.8 Å². The molecular weight excluding hydrogens is 518 g/mol. The summed E-state index contributed by atoms with van der Waals surface area (Å²) < 4.78 is 6.31. The number of hydrogen-bond donors (Lipinski definition) is 1. The third-order valence-corrected chi connectivity index (χ3v) is 8.08. The Balaban J connectivity index is 1.25. The molecule has 0 saturated carbocycles. The Morgan fingerprint density at radius 3 is 2.23 bits per heavy atom. The van der Waals surface area contributed by atoms with Crippen LogP contribution in [0.3, 0.4) is 0 Å². The number of nitrogens with one attached hydrogen (secondary N) is 1. The van der Waals surface area contributed by atoms with Crippen LogP contribution in [0.25, 0.3) is 0 Å². The maximum atomic E-state index is 12.6. The number of benzene rings is 3. The lowest BCUT2D eigenvalue weighted by Crippen LogP contribution is -2.40. The normalized spacial score (nSPS) is 14.5. The van der Waals surface area contributed by atoms with Crippen LogP contribution in [-0.4, -0.2) is 68.1 Å². The number of amides is 1. The van der Waals surface area contributed by atoms with E-state index >= 15 is 0 Å². The first-order valence-corrected chi connectivity index (χ1v) is 15.2. The molecule has 0 bridgehead atoms. The van der Waals surface area contributed by atoms with Gasteiger partial charge in [-0.1, -0.05) is 92.0 Å². The standard InChI is InChI=1S/C34H44ClN3O2/c1-3-4-11-21-37(2)24-20-36-34(39)29-16-17-33(32(35)25-29)40-30-18-22-38(23-19-30)26-31(27-12-7-5-8-13-27)28-14-9-6-10-15-28/h5-10,12-17,25,30-31H,3-4,11,18-24,26H2,1-2H3,(H,36,39). The van der Waals surface area contributed by atoms with E-state index in [1.807, 2.05) is 6.07 Å². The fourth-order valence-electron chi connectivity index (χ4n) is 5.36. The number of likely N-dealkylation sites (tertiary alicyclic amines) is 1. The number of carbonyl (C=O) groups excluding carboxylic acids is 1. The van der Waals surface area contributed by atoms with Crippen molar-refractivity contribution >= 4 is 17.5 Å². The molecule has 1 aliphatic heterocycles. The average Bonchev–Trinajstić information content (AvgIpc) is 2.98. The fourth-order valence-corrected chi connectivity index (χ4v) is 5.59. The van der Waals surface area contributed by atoms with Gasteiger partial charge >= 0.3 is 0 Å². The number of hydrogen-bond acceptors (Lipinski definition) is 4. The second kappa shape index (κ2) is 15.8. The van der Waals surface area contributed by atoms with Crippen molar-refractivity contribution in [2.45, 2.75) is 51.0 Å². The van der Waals surface area contributed by atoms with Crippen LogP contribution in [0.4, 0.5) is 0 Å². The lowest BCUT2D eigenvalue weighted by Gasteiger charge is -2.34. The molecule has 1 amide bonds. The fraction of sp³-hybridized carbons (Fsp3) is 0.441. The number of halogens is 1. The molecule has 3 aromatic rings. The molecule has 0 spiro atoms. The van der Waals surface area contributed by atoms with Crippen LogP contribution in [0.15, 0.2) is 78.9 Å². The zero-order chi connectivity index (χ0) is 28.2. The molecule has 1 aliphatic rings. The molecule has 5 nitrogen and oxygen atoms in total. The summed E-state index contributed by atoms with van der Waals surface area (Å²) >= 11 is 6.56. The molecule has 0 aromatic heterocycles. The molecule has 1 fully saturated rings. The molecule has 214 valence electrons. The Hall–Kier alpha value is -2.86. The SMILES string of the molecule is CCCCCN(C)CCNC(=O)c1ccc(OC2CCN(CC(c3ccccc3)c3ccccc3)CC2)c(Cl)c1. The minimum Gasteiger partial charge on any atom is -0.489 e. The number of carbonyl (C=O) groups is 1. The van der Waals surface area contributed by atoms with Crippen molar-refractivity contribution in [3.63, 3.8) is 0 Å². The first kappa shape index (κ1) is 30.1. The Morgan fingerprint density at radius 2 is 1.62 bits per heavy atom. The zero-order valence-electron chi connectivity index (χ0n) is 24.0. The summed E-state index contributed by atoms with van der Waals surface area (Å²) in [6, 6.07) is 26.9. The van der Waals surface area contributed by atoms with Gasteiger partial charge in [-0.05, 0) is 62.2 Å². The van der Waals surface area contributed by atoms with Gasteiger partial charge in [0.15, 0.2) is 0 Å². The Labute approximate surface area is 245 Å². The summed E-state index contributed by atoms with van der Waals surface area (Å²) in [5.74, 6) is 0.892. The molecule has 3 aromatic carbocycles. The van der Waals surface area contributed by atoms with Gasteiger partial charge in [0.05, 0.1) is 5.02 Å². The van der Waals surface area contributed by atoms with Crippen molar-refractivity contribution in [3.05, 3.63) is 101 Å². The van der Waals surface area contributed by atoms with Gasteiger partial charge in [0, 0.05) is 44.2 Å². The van der Waals surface area contributed by atoms with Crippen LogP contribution >= 0.6 is 11.6 Å². The third-order valence-electron chi connectivity index (χ3n) is 7.79. The molecular formula is C34H44ClN3O2. The van der Waals surface area contributed by atoms with E-state index < -0.39 is 0 Å². The van der Waals surface area contributed by atoms with Crippen molar-refractivity contribution in [2.75, 3.05) is 46.3 Å². The molecule has 0 unspecified atom stereocenters. The predicted molar refractivity (Wildman–Crippen MR) is 166 cm³/mol. The van der Waals surface area contributed by atoms with Gasteiger partial charge in [-0.15, -0.1) is 0 Å². The highest BCUT2D eigenvalue weighted by Gasteiger charge is 2.25. The quantitative estimate of drug-likeness (QED) is 0.218. The highest BCUT2D eigenvalue weighted by atomic mass is 35.5. The van der Waals surface area contributed by atoms with Gasteiger partial charge in [0.25, 0.3) is 5.91 Å². The molecule has 1 heterocycles. The van der Waals surface area contributed by atoms with E-state index in [9.17, 15) is 4.79 Å². The summed E-state index contributed by atoms with van der Waals surface area (Å²) in [4.78, 5) is 17.4. The highest BCUT2D eigenvalue weighted by molar-refractivity contribution is 6.32. The Morgan fingerprint density at radius 1 is 0.975 bits per heavy atom. The summed E-state index contributed by atoms with van der Waals surface area (Å²) in [5.41, 5.74) is 3.26. The molecule has 0 atom stereocenters. The summed E-state index contributed by atoms with van der Waals surface area (Å²) in [6.07, 6.45) is 5.66. The van der Waals surface area contributed by atoms with Crippen LogP contribution in [0.5, 0.6) is 5.75 Å². The summed E-state index contributed by atoms with van der Waals surface area (Å²) in [6.45, 7) is 7.66. The first-order chi connectivity index (χ1) is 19.5. The van der Waals surface area contributed by atoms with Crippen molar-refractivity contribution in [1.82, 2.24) is 15.1 Å². The lowest BCUT2D eigenvalue weighted by atomic mass is 9.90. The van der Waals surface area contributed by atoms with Crippen LogP contribution < -0.4 is 10.1 Å².